The topological polar surface area (TPSA) is 53.1 Å². The third-order valence-corrected chi connectivity index (χ3v) is 6.31. The number of rotatable bonds is 9. The van der Waals surface area contributed by atoms with Gasteiger partial charge in [-0.25, -0.2) is 4.90 Å². The number of unbranched alkanes of at least 4 members (excludes halogenated alkanes) is 1. The van der Waals surface area contributed by atoms with Gasteiger partial charge in [-0.3, -0.25) is 19.4 Å². The Labute approximate surface area is 196 Å². The molecule has 1 atom stereocenters. The molecule has 6 nitrogen and oxygen atoms in total. The van der Waals surface area contributed by atoms with E-state index < -0.39 is 0 Å². The monoisotopic (exact) mass is 447 g/mol. The van der Waals surface area contributed by atoms with E-state index in [1.54, 1.807) is 12.1 Å². The van der Waals surface area contributed by atoms with Crippen LogP contribution in [0.4, 0.5) is 5.69 Å². The van der Waals surface area contributed by atoms with Crippen LogP contribution in [-0.2, 0) is 9.59 Å². The molecule has 2 heterocycles. The second-order valence-electron chi connectivity index (χ2n) is 8.63. The van der Waals surface area contributed by atoms with Gasteiger partial charge in [0.25, 0.3) is 5.91 Å². The second-order valence-corrected chi connectivity index (χ2v) is 8.63. The number of ether oxygens (including phenoxy) is 1. The fourth-order valence-corrected chi connectivity index (χ4v) is 4.36. The Kier molecular flexibility index (Phi) is 7.92. The zero-order valence-corrected chi connectivity index (χ0v) is 19.4. The molecular formula is C27H33N3O3. The van der Waals surface area contributed by atoms with Gasteiger partial charge in [-0.15, -0.1) is 0 Å². The molecule has 2 aromatic rings. The zero-order chi connectivity index (χ0) is 23.0. The summed E-state index contributed by atoms with van der Waals surface area (Å²) < 4.78 is 5.69. The van der Waals surface area contributed by atoms with E-state index in [4.69, 9.17) is 4.74 Å². The number of hydrogen-bond acceptors (Lipinski definition) is 5. The Morgan fingerprint density at radius 2 is 1.70 bits per heavy atom. The number of anilines is 1. The van der Waals surface area contributed by atoms with Gasteiger partial charge in [0.05, 0.1) is 24.8 Å². The number of nitrogens with zero attached hydrogens (tertiary/aromatic N) is 3. The van der Waals surface area contributed by atoms with Gasteiger partial charge in [-0.2, -0.15) is 0 Å². The number of hydrogen-bond donors (Lipinski definition) is 0. The van der Waals surface area contributed by atoms with Crippen molar-refractivity contribution >= 4 is 23.6 Å². The number of carbonyl (C=O) groups excluding carboxylic acids is 2. The van der Waals surface area contributed by atoms with Gasteiger partial charge in [0, 0.05) is 32.7 Å². The van der Waals surface area contributed by atoms with Crippen LogP contribution in [0.5, 0.6) is 5.75 Å². The lowest BCUT2D eigenvalue weighted by atomic mass is 10.1. The van der Waals surface area contributed by atoms with Crippen molar-refractivity contribution < 1.29 is 14.3 Å². The van der Waals surface area contributed by atoms with E-state index in [9.17, 15) is 9.59 Å². The summed E-state index contributed by atoms with van der Waals surface area (Å²) in [6, 6.07) is 17.2. The average Bonchev–Trinajstić information content (AvgIpc) is 3.14. The Morgan fingerprint density at radius 3 is 2.39 bits per heavy atom. The number of amides is 2. The van der Waals surface area contributed by atoms with Gasteiger partial charge in [0.15, 0.2) is 0 Å². The number of carbonyl (C=O) groups is 2. The fourth-order valence-electron chi connectivity index (χ4n) is 4.36. The minimum absolute atomic E-state index is 0.114. The number of piperazine rings is 1. The Morgan fingerprint density at radius 1 is 0.970 bits per heavy atom. The predicted octanol–water partition coefficient (Wildman–Crippen LogP) is 3.83. The summed E-state index contributed by atoms with van der Waals surface area (Å²) in [4.78, 5) is 31.7. The van der Waals surface area contributed by atoms with Crippen LogP contribution in [-0.4, -0.2) is 67.0 Å². The molecule has 2 fully saturated rings. The molecule has 0 saturated carbocycles. The van der Waals surface area contributed by atoms with E-state index in [2.05, 4.69) is 41.0 Å². The van der Waals surface area contributed by atoms with E-state index in [1.807, 2.05) is 30.3 Å². The number of imide groups is 1. The first kappa shape index (κ1) is 23.2. The van der Waals surface area contributed by atoms with Crippen LogP contribution in [0.15, 0.2) is 60.7 Å². The van der Waals surface area contributed by atoms with Gasteiger partial charge < -0.3 is 4.74 Å². The van der Waals surface area contributed by atoms with Crippen LogP contribution in [0, 0.1) is 0 Å². The summed E-state index contributed by atoms with van der Waals surface area (Å²) in [5, 5.41) is 0. The average molecular weight is 448 g/mol. The van der Waals surface area contributed by atoms with Crippen molar-refractivity contribution in [3.8, 4) is 5.75 Å². The Hall–Kier alpha value is -2.96. The molecule has 0 unspecified atom stereocenters. The largest absolute Gasteiger partial charge is 0.494 e. The molecule has 0 aromatic heterocycles. The highest BCUT2D eigenvalue weighted by molar-refractivity contribution is 6.22. The van der Waals surface area contributed by atoms with Crippen LogP contribution in [0.3, 0.4) is 0 Å². The molecule has 0 spiro atoms. The summed E-state index contributed by atoms with van der Waals surface area (Å²) in [5.41, 5.74) is 1.83. The molecule has 2 amide bonds. The smallest absolute Gasteiger partial charge is 0.251 e. The molecule has 4 rings (SSSR count). The Bertz CT molecular complexity index is 950. The Balaban J connectivity index is 1.29. The highest BCUT2D eigenvalue weighted by Gasteiger charge is 2.43. The molecular weight excluding hydrogens is 414 g/mol. The molecule has 6 heteroatoms. The first-order valence-corrected chi connectivity index (χ1v) is 11.9. The lowest BCUT2D eigenvalue weighted by Gasteiger charge is -2.36. The molecule has 0 aliphatic carbocycles. The molecule has 0 N–H and O–H groups in total. The van der Waals surface area contributed by atoms with Gasteiger partial charge in [0.2, 0.25) is 5.91 Å². The lowest BCUT2D eigenvalue weighted by molar-refractivity contribution is -0.123. The summed E-state index contributed by atoms with van der Waals surface area (Å²) >= 11 is 0. The normalized spacial score (nSPS) is 20.2. The van der Waals surface area contributed by atoms with E-state index in [0.717, 1.165) is 51.3 Å². The van der Waals surface area contributed by atoms with Crippen molar-refractivity contribution in [3.63, 3.8) is 0 Å². The van der Waals surface area contributed by atoms with Crippen molar-refractivity contribution in [2.24, 2.45) is 0 Å². The summed E-state index contributed by atoms with van der Waals surface area (Å²) in [6.07, 6.45) is 6.66. The molecule has 2 aliphatic rings. The number of benzene rings is 2. The molecule has 2 aromatic carbocycles. The van der Waals surface area contributed by atoms with Gasteiger partial charge in [0.1, 0.15) is 5.75 Å². The van der Waals surface area contributed by atoms with Crippen LogP contribution < -0.4 is 9.64 Å². The molecule has 0 bridgehead atoms. The quantitative estimate of drug-likeness (QED) is 0.432. The molecule has 2 saturated heterocycles. The van der Waals surface area contributed by atoms with E-state index in [1.165, 1.54) is 10.5 Å². The summed E-state index contributed by atoms with van der Waals surface area (Å²) in [7, 11) is 0. The second kappa shape index (κ2) is 11.3. The minimum atomic E-state index is -0.361. The molecule has 174 valence electrons. The van der Waals surface area contributed by atoms with Crippen LogP contribution in [0.2, 0.25) is 0 Å². The SMILES string of the molecule is CCCCOc1ccc(N2C(=O)C[C@H](N3CCN(C/C=C/c4ccccc4)CC3)C2=O)cc1. The first-order valence-electron chi connectivity index (χ1n) is 11.9. The van der Waals surface area contributed by atoms with Crippen molar-refractivity contribution in [2.75, 3.05) is 44.2 Å². The minimum Gasteiger partial charge on any atom is -0.494 e. The van der Waals surface area contributed by atoms with Crippen LogP contribution in [0.25, 0.3) is 6.08 Å². The third-order valence-electron chi connectivity index (χ3n) is 6.31. The third kappa shape index (κ3) is 5.89. The van der Waals surface area contributed by atoms with Crippen molar-refractivity contribution in [1.82, 2.24) is 9.80 Å². The van der Waals surface area contributed by atoms with Gasteiger partial charge in [-0.1, -0.05) is 55.8 Å². The van der Waals surface area contributed by atoms with Crippen LogP contribution >= 0.6 is 0 Å². The summed E-state index contributed by atoms with van der Waals surface area (Å²) in [5.74, 6) is 0.523. The van der Waals surface area contributed by atoms with Crippen LogP contribution in [0.1, 0.15) is 31.7 Å². The van der Waals surface area contributed by atoms with Crippen molar-refractivity contribution in [2.45, 2.75) is 32.2 Å². The highest BCUT2D eigenvalue weighted by atomic mass is 16.5. The van der Waals surface area contributed by atoms with E-state index in [-0.39, 0.29) is 24.3 Å². The molecule has 2 aliphatic heterocycles. The van der Waals surface area contributed by atoms with Gasteiger partial charge >= 0.3 is 0 Å². The van der Waals surface area contributed by atoms with E-state index in [0.29, 0.717) is 12.3 Å². The van der Waals surface area contributed by atoms with Crippen molar-refractivity contribution in [1.29, 1.82) is 0 Å². The molecule has 33 heavy (non-hydrogen) atoms. The van der Waals surface area contributed by atoms with Gasteiger partial charge in [-0.05, 0) is 36.2 Å². The van der Waals surface area contributed by atoms with E-state index >= 15 is 0 Å². The zero-order valence-electron chi connectivity index (χ0n) is 19.4. The lowest BCUT2D eigenvalue weighted by Crippen LogP contribution is -2.52. The maximum atomic E-state index is 13.1. The predicted molar refractivity (Wildman–Crippen MR) is 131 cm³/mol. The maximum absolute atomic E-state index is 13.1. The fraction of sp³-hybridized carbons (Fsp3) is 0.407. The summed E-state index contributed by atoms with van der Waals surface area (Å²) in [6.45, 7) is 7.05. The molecule has 0 radical (unpaired) electrons. The first-order chi connectivity index (χ1) is 16.2. The standard InChI is InChI=1S/C27H33N3O3/c1-2-3-20-33-24-13-11-23(12-14-24)30-26(31)21-25(27(30)32)29-18-16-28(17-19-29)15-7-10-22-8-5-4-6-9-22/h4-14,25H,2-3,15-21H2,1H3/b10-7+/t25-/m0/s1. The maximum Gasteiger partial charge on any atom is 0.251 e. The van der Waals surface area contributed by atoms with Crippen molar-refractivity contribution in [3.05, 3.63) is 66.2 Å². The highest BCUT2D eigenvalue weighted by Crippen LogP contribution is 2.28.